The van der Waals surface area contributed by atoms with Crippen molar-refractivity contribution in [1.82, 2.24) is 14.4 Å². The Labute approximate surface area is 114 Å². The van der Waals surface area contributed by atoms with Crippen LogP contribution in [-0.4, -0.2) is 14.4 Å². The molecule has 0 radical (unpaired) electrons. The summed E-state index contributed by atoms with van der Waals surface area (Å²) in [6.45, 7) is 1.85. The van der Waals surface area contributed by atoms with Crippen molar-refractivity contribution in [2.75, 3.05) is 0 Å². The quantitative estimate of drug-likeness (QED) is 0.745. The Balaban J connectivity index is 1.86. The molecule has 0 aliphatic carbocycles. The molecular weight excluding hydrogens is 258 g/mol. The summed E-state index contributed by atoms with van der Waals surface area (Å²) >= 11 is 1.62. The average Bonchev–Trinajstić information content (AvgIpc) is 2.81. The van der Waals surface area contributed by atoms with Gasteiger partial charge < -0.3 is 4.98 Å². The van der Waals surface area contributed by atoms with Crippen LogP contribution in [-0.2, 0) is 5.75 Å². The van der Waals surface area contributed by atoms with E-state index in [1.54, 1.807) is 28.4 Å². The molecule has 0 fully saturated rings. The van der Waals surface area contributed by atoms with Crippen LogP contribution in [0.5, 0.6) is 0 Å². The van der Waals surface area contributed by atoms with Crippen LogP contribution in [0.15, 0.2) is 52.4 Å². The number of imidazole rings is 1. The minimum atomic E-state index is -0.0506. The second kappa shape index (κ2) is 4.93. The van der Waals surface area contributed by atoms with E-state index in [-0.39, 0.29) is 5.56 Å². The maximum atomic E-state index is 11.8. The predicted molar refractivity (Wildman–Crippen MR) is 76.6 cm³/mol. The van der Waals surface area contributed by atoms with Gasteiger partial charge in [0.05, 0.1) is 0 Å². The highest BCUT2D eigenvalue weighted by atomic mass is 32.2. The molecule has 96 valence electrons. The first-order valence-corrected chi connectivity index (χ1v) is 6.97. The van der Waals surface area contributed by atoms with Crippen LogP contribution in [0.25, 0.3) is 5.78 Å². The molecule has 0 aliphatic heterocycles. The van der Waals surface area contributed by atoms with Gasteiger partial charge in [0.25, 0.3) is 5.56 Å². The lowest BCUT2D eigenvalue weighted by atomic mass is 10.2. The SMILES string of the molecule is Cc1cc(=O)n2cc(SCc3ccccc3)nc2[nH]1. The highest BCUT2D eigenvalue weighted by Crippen LogP contribution is 2.21. The van der Waals surface area contributed by atoms with Crippen molar-refractivity contribution in [3.8, 4) is 0 Å². The van der Waals surface area contributed by atoms with Gasteiger partial charge in [0.1, 0.15) is 5.03 Å². The summed E-state index contributed by atoms with van der Waals surface area (Å²) in [6.07, 6.45) is 1.78. The number of thioether (sulfide) groups is 1. The highest BCUT2D eigenvalue weighted by Gasteiger charge is 2.05. The third-order valence-electron chi connectivity index (χ3n) is 2.80. The molecule has 1 aromatic carbocycles. The number of hydrogen-bond acceptors (Lipinski definition) is 3. The Bertz CT molecular complexity index is 761. The molecule has 2 aromatic heterocycles. The first-order chi connectivity index (χ1) is 9.22. The second-order valence-electron chi connectivity index (χ2n) is 4.34. The third kappa shape index (κ3) is 2.56. The van der Waals surface area contributed by atoms with Crippen LogP contribution in [0.4, 0.5) is 0 Å². The number of hydrogen-bond donors (Lipinski definition) is 1. The summed E-state index contributed by atoms with van der Waals surface area (Å²) in [7, 11) is 0. The van der Waals surface area contributed by atoms with E-state index >= 15 is 0 Å². The fourth-order valence-electron chi connectivity index (χ4n) is 1.88. The van der Waals surface area contributed by atoms with Crippen LogP contribution in [0.2, 0.25) is 0 Å². The number of aromatic nitrogens is 3. The van der Waals surface area contributed by atoms with Crippen molar-refractivity contribution >= 4 is 17.5 Å². The molecule has 0 bridgehead atoms. The summed E-state index contributed by atoms with van der Waals surface area (Å²) in [5.41, 5.74) is 2.01. The van der Waals surface area contributed by atoms with Gasteiger partial charge in [-0.1, -0.05) is 30.3 Å². The van der Waals surface area contributed by atoms with Crippen LogP contribution >= 0.6 is 11.8 Å². The van der Waals surface area contributed by atoms with E-state index < -0.39 is 0 Å². The third-order valence-corrected chi connectivity index (χ3v) is 3.77. The van der Waals surface area contributed by atoms with E-state index in [1.165, 1.54) is 5.56 Å². The van der Waals surface area contributed by atoms with Gasteiger partial charge in [-0.25, -0.2) is 4.98 Å². The Morgan fingerprint density at radius 2 is 2.11 bits per heavy atom. The van der Waals surface area contributed by atoms with E-state index in [9.17, 15) is 4.79 Å². The Morgan fingerprint density at radius 1 is 1.32 bits per heavy atom. The predicted octanol–water partition coefficient (Wildman–Crippen LogP) is 2.62. The molecule has 0 saturated heterocycles. The van der Waals surface area contributed by atoms with Crippen molar-refractivity contribution in [3.05, 3.63) is 64.2 Å². The summed E-state index contributed by atoms with van der Waals surface area (Å²) < 4.78 is 1.54. The molecule has 2 heterocycles. The van der Waals surface area contributed by atoms with Crippen molar-refractivity contribution in [3.63, 3.8) is 0 Å². The topological polar surface area (TPSA) is 50.2 Å². The molecule has 0 aliphatic rings. The highest BCUT2D eigenvalue weighted by molar-refractivity contribution is 7.98. The normalized spacial score (nSPS) is 11.0. The zero-order valence-corrected chi connectivity index (χ0v) is 11.3. The van der Waals surface area contributed by atoms with E-state index in [4.69, 9.17) is 0 Å². The monoisotopic (exact) mass is 271 g/mol. The molecule has 0 atom stereocenters. The number of H-pyrrole nitrogens is 1. The van der Waals surface area contributed by atoms with Gasteiger partial charge in [0, 0.05) is 23.7 Å². The van der Waals surface area contributed by atoms with E-state index in [2.05, 4.69) is 22.1 Å². The second-order valence-corrected chi connectivity index (χ2v) is 5.33. The van der Waals surface area contributed by atoms with Gasteiger partial charge in [-0.2, -0.15) is 0 Å². The zero-order chi connectivity index (χ0) is 13.2. The maximum absolute atomic E-state index is 11.8. The standard InChI is InChI=1S/C14H13N3OS/c1-10-7-13(18)17-8-12(16-14(17)15-10)19-9-11-5-3-2-4-6-11/h2-8H,9H2,1H3,(H,15,16). The Hall–Kier alpha value is -2.01. The zero-order valence-electron chi connectivity index (χ0n) is 10.5. The van der Waals surface area contributed by atoms with Crippen LogP contribution in [0.3, 0.4) is 0 Å². The first kappa shape index (κ1) is 12.0. The molecule has 3 rings (SSSR count). The molecule has 0 unspecified atom stereocenters. The molecule has 3 aromatic rings. The number of aryl methyl sites for hydroxylation is 1. The van der Waals surface area contributed by atoms with Gasteiger partial charge >= 0.3 is 0 Å². The number of fused-ring (bicyclic) bond motifs is 1. The number of aromatic amines is 1. The van der Waals surface area contributed by atoms with Crippen LogP contribution in [0, 0.1) is 6.92 Å². The van der Waals surface area contributed by atoms with Gasteiger partial charge in [-0.05, 0) is 12.5 Å². The number of nitrogens with zero attached hydrogens (tertiary/aromatic N) is 2. The molecule has 1 N–H and O–H groups in total. The van der Waals surface area contributed by atoms with Crippen LogP contribution < -0.4 is 5.56 Å². The fraction of sp³-hybridized carbons (Fsp3) is 0.143. The lowest BCUT2D eigenvalue weighted by molar-refractivity contribution is 1.02. The van der Waals surface area contributed by atoms with Crippen molar-refractivity contribution in [2.45, 2.75) is 17.7 Å². The number of nitrogens with one attached hydrogen (secondary N) is 1. The summed E-state index contributed by atoms with van der Waals surface area (Å²) in [5.74, 6) is 1.44. The smallest absolute Gasteiger partial charge is 0.259 e. The first-order valence-electron chi connectivity index (χ1n) is 5.98. The Kier molecular flexibility index (Phi) is 3.13. The molecule has 0 amide bonds. The lowest BCUT2D eigenvalue weighted by Crippen LogP contribution is -2.12. The Morgan fingerprint density at radius 3 is 2.89 bits per heavy atom. The molecular formula is C14H13N3OS. The van der Waals surface area contributed by atoms with E-state index in [0.717, 1.165) is 16.5 Å². The minimum Gasteiger partial charge on any atom is -0.329 e. The summed E-state index contributed by atoms with van der Waals surface area (Å²) in [4.78, 5) is 19.3. The minimum absolute atomic E-state index is 0.0506. The van der Waals surface area contributed by atoms with Crippen LogP contribution in [0.1, 0.15) is 11.3 Å². The van der Waals surface area contributed by atoms with Gasteiger partial charge in [0.15, 0.2) is 0 Å². The van der Waals surface area contributed by atoms with Gasteiger partial charge in [0.2, 0.25) is 5.78 Å². The van der Waals surface area contributed by atoms with E-state index in [1.807, 2.05) is 25.1 Å². The maximum Gasteiger partial charge on any atom is 0.259 e. The average molecular weight is 271 g/mol. The van der Waals surface area contributed by atoms with Gasteiger partial charge in [-0.15, -0.1) is 11.8 Å². The number of benzene rings is 1. The molecule has 5 heteroatoms. The molecule has 4 nitrogen and oxygen atoms in total. The lowest BCUT2D eigenvalue weighted by Gasteiger charge is -1.97. The van der Waals surface area contributed by atoms with Crippen molar-refractivity contribution in [2.24, 2.45) is 0 Å². The number of rotatable bonds is 3. The summed E-state index contributed by atoms with van der Waals surface area (Å²) in [5, 5.41) is 0.850. The van der Waals surface area contributed by atoms with Crippen molar-refractivity contribution < 1.29 is 0 Å². The van der Waals surface area contributed by atoms with Gasteiger partial charge in [-0.3, -0.25) is 9.20 Å². The fourth-order valence-corrected chi connectivity index (χ4v) is 2.72. The molecule has 19 heavy (non-hydrogen) atoms. The van der Waals surface area contributed by atoms with E-state index in [0.29, 0.717) is 5.78 Å². The summed E-state index contributed by atoms with van der Waals surface area (Å²) in [6, 6.07) is 11.8. The molecule has 0 saturated carbocycles. The van der Waals surface area contributed by atoms with Crippen molar-refractivity contribution in [1.29, 1.82) is 0 Å². The largest absolute Gasteiger partial charge is 0.329 e. The molecule has 0 spiro atoms.